The summed E-state index contributed by atoms with van der Waals surface area (Å²) in [6.45, 7) is 3.83. The van der Waals surface area contributed by atoms with Crippen molar-refractivity contribution in [2.24, 2.45) is 5.90 Å². The number of hydrogen-bond acceptors (Lipinski definition) is 3. The second-order valence-electron chi connectivity index (χ2n) is 3.72. The maximum Gasteiger partial charge on any atom is 0.112 e. The Bertz CT molecular complexity index is 447. The number of rotatable bonds is 2. The van der Waals surface area contributed by atoms with Crippen LogP contribution in [-0.4, -0.2) is 9.61 Å². The number of hydrogen-bond donors (Lipinski definition) is 1. The number of fused-ring (bicyclic) bond motifs is 1. The van der Waals surface area contributed by atoms with E-state index >= 15 is 0 Å². The minimum Gasteiger partial charge on any atom is -0.294 e. The minimum absolute atomic E-state index is 0.511. The third-order valence-electron chi connectivity index (χ3n) is 2.37. The second-order valence-corrected chi connectivity index (χ2v) is 3.72. The van der Waals surface area contributed by atoms with Crippen LogP contribution in [0.4, 0.5) is 0 Å². The molecule has 2 heterocycles. The zero-order valence-electron chi connectivity index (χ0n) is 8.27. The molecule has 0 unspecified atom stereocenters. The molecule has 0 bridgehead atoms. The van der Waals surface area contributed by atoms with Crippen molar-refractivity contribution in [3.05, 3.63) is 36.2 Å². The first-order valence-corrected chi connectivity index (χ1v) is 4.46. The summed E-state index contributed by atoms with van der Waals surface area (Å²) >= 11 is 0. The monoisotopic (exact) mass is 191 g/mol. The molecular formula is C10H13N3O. The van der Waals surface area contributed by atoms with E-state index in [1.54, 1.807) is 10.7 Å². The first-order chi connectivity index (χ1) is 6.65. The van der Waals surface area contributed by atoms with E-state index < -0.39 is 5.60 Å². The smallest absolute Gasteiger partial charge is 0.112 e. The molecule has 0 aromatic carbocycles. The van der Waals surface area contributed by atoms with Crippen LogP contribution in [0.3, 0.4) is 0 Å². The van der Waals surface area contributed by atoms with Crippen LogP contribution in [0.15, 0.2) is 30.6 Å². The van der Waals surface area contributed by atoms with Gasteiger partial charge in [0.1, 0.15) is 5.60 Å². The van der Waals surface area contributed by atoms with Crippen molar-refractivity contribution in [2.45, 2.75) is 19.4 Å². The maximum atomic E-state index is 5.25. The highest BCUT2D eigenvalue weighted by atomic mass is 16.6. The zero-order valence-corrected chi connectivity index (χ0v) is 8.27. The van der Waals surface area contributed by atoms with Gasteiger partial charge in [-0.2, -0.15) is 5.10 Å². The summed E-state index contributed by atoms with van der Waals surface area (Å²) in [6.07, 6.45) is 3.67. The average molecular weight is 191 g/mol. The van der Waals surface area contributed by atoms with E-state index in [2.05, 4.69) is 5.10 Å². The zero-order chi connectivity index (χ0) is 10.2. The summed E-state index contributed by atoms with van der Waals surface area (Å²) in [7, 11) is 0. The van der Waals surface area contributed by atoms with Crippen molar-refractivity contribution >= 4 is 5.52 Å². The molecule has 4 nitrogen and oxygen atoms in total. The highest BCUT2D eigenvalue weighted by Crippen LogP contribution is 2.26. The lowest BCUT2D eigenvalue weighted by Crippen LogP contribution is -2.25. The summed E-state index contributed by atoms with van der Waals surface area (Å²) in [6, 6.07) is 5.89. The molecule has 0 amide bonds. The van der Waals surface area contributed by atoms with Crippen LogP contribution in [0.25, 0.3) is 5.52 Å². The lowest BCUT2D eigenvalue weighted by atomic mass is 10.0. The van der Waals surface area contributed by atoms with Gasteiger partial charge in [0.15, 0.2) is 0 Å². The number of nitrogens with two attached hydrogens (primary N) is 1. The van der Waals surface area contributed by atoms with Gasteiger partial charge in [-0.3, -0.25) is 4.84 Å². The van der Waals surface area contributed by atoms with E-state index in [4.69, 9.17) is 10.7 Å². The number of pyridine rings is 1. The number of nitrogens with zero attached hydrogens (tertiary/aromatic N) is 2. The van der Waals surface area contributed by atoms with Crippen molar-refractivity contribution in [1.29, 1.82) is 0 Å². The molecular weight excluding hydrogens is 178 g/mol. The first-order valence-electron chi connectivity index (χ1n) is 4.46. The summed E-state index contributed by atoms with van der Waals surface area (Å²) in [5, 5.41) is 4.21. The largest absolute Gasteiger partial charge is 0.294 e. The molecule has 74 valence electrons. The van der Waals surface area contributed by atoms with Crippen molar-refractivity contribution < 1.29 is 4.84 Å². The quantitative estimate of drug-likeness (QED) is 0.731. The Kier molecular flexibility index (Phi) is 2.02. The molecule has 14 heavy (non-hydrogen) atoms. The van der Waals surface area contributed by atoms with E-state index in [9.17, 15) is 0 Å². The molecule has 0 aliphatic heterocycles. The molecule has 0 radical (unpaired) electrons. The Hall–Kier alpha value is -1.39. The molecule has 0 aliphatic carbocycles. The summed E-state index contributed by atoms with van der Waals surface area (Å²) < 4.78 is 1.80. The predicted molar refractivity (Wildman–Crippen MR) is 53.5 cm³/mol. The van der Waals surface area contributed by atoms with Gasteiger partial charge in [-0.05, 0) is 26.0 Å². The molecule has 0 atom stereocenters. The summed E-state index contributed by atoms with van der Waals surface area (Å²) in [4.78, 5) is 4.94. The Morgan fingerprint density at radius 3 is 2.93 bits per heavy atom. The van der Waals surface area contributed by atoms with Gasteiger partial charge in [0.05, 0.1) is 11.7 Å². The van der Waals surface area contributed by atoms with Crippen LogP contribution < -0.4 is 5.90 Å². The SMILES string of the molecule is CC(C)(ON)c1cnn2ccccc12. The van der Waals surface area contributed by atoms with E-state index in [1.807, 2.05) is 38.2 Å². The van der Waals surface area contributed by atoms with Crippen molar-refractivity contribution in [2.75, 3.05) is 0 Å². The van der Waals surface area contributed by atoms with Crippen molar-refractivity contribution in [3.63, 3.8) is 0 Å². The lowest BCUT2D eigenvalue weighted by Gasteiger charge is -2.20. The van der Waals surface area contributed by atoms with Gasteiger partial charge in [0.2, 0.25) is 0 Å². The Balaban J connectivity index is 2.64. The van der Waals surface area contributed by atoms with Gasteiger partial charge in [0.25, 0.3) is 0 Å². The van der Waals surface area contributed by atoms with Crippen LogP contribution in [-0.2, 0) is 10.4 Å². The van der Waals surface area contributed by atoms with Gasteiger partial charge in [-0.1, -0.05) is 6.07 Å². The van der Waals surface area contributed by atoms with Gasteiger partial charge >= 0.3 is 0 Å². The van der Waals surface area contributed by atoms with E-state index in [-0.39, 0.29) is 0 Å². The molecule has 4 heteroatoms. The average Bonchev–Trinajstić information content (AvgIpc) is 2.61. The van der Waals surface area contributed by atoms with Gasteiger partial charge in [-0.25, -0.2) is 10.4 Å². The molecule has 0 saturated carbocycles. The highest BCUT2D eigenvalue weighted by molar-refractivity contribution is 5.55. The van der Waals surface area contributed by atoms with Crippen LogP contribution in [0.1, 0.15) is 19.4 Å². The molecule has 0 spiro atoms. The molecule has 0 saturated heterocycles. The van der Waals surface area contributed by atoms with Gasteiger partial charge in [0, 0.05) is 11.8 Å². The molecule has 0 aliphatic rings. The van der Waals surface area contributed by atoms with Crippen LogP contribution in [0, 0.1) is 0 Å². The number of aromatic nitrogens is 2. The van der Waals surface area contributed by atoms with E-state index in [0.29, 0.717) is 0 Å². The Morgan fingerprint density at radius 1 is 1.43 bits per heavy atom. The van der Waals surface area contributed by atoms with E-state index in [1.165, 1.54) is 0 Å². The van der Waals surface area contributed by atoms with Crippen LogP contribution >= 0.6 is 0 Å². The fourth-order valence-electron chi connectivity index (χ4n) is 1.46. The fraction of sp³-hybridized carbons (Fsp3) is 0.300. The molecule has 2 aromatic rings. The third-order valence-corrected chi connectivity index (χ3v) is 2.37. The highest BCUT2D eigenvalue weighted by Gasteiger charge is 2.24. The van der Waals surface area contributed by atoms with Crippen molar-refractivity contribution in [1.82, 2.24) is 9.61 Å². The summed E-state index contributed by atoms with van der Waals surface area (Å²) in [5.41, 5.74) is 1.49. The topological polar surface area (TPSA) is 52.5 Å². The molecule has 2 N–H and O–H groups in total. The summed E-state index contributed by atoms with van der Waals surface area (Å²) in [5.74, 6) is 5.25. The molecule has 2 rings (SSSR count). The standard InChI is InChI=1S/C10H13N3O/c1-10(2,14-11)8-7-12-13-6-4-3-5-9(8)13/h3-7H,11H2,1-2H3. The minimum atomic E-state index is -0.511. The van der Waals surface area contributed by atoms with Gasteiger partial charge < -0.3 is 0 Å². The van der Waals surface area contributed by atoms with E-state index in [0.717, 1.165) is 11.1 Å². The van der Waals surface area contributed by atoms with Crippen LogP contribution in [0.2, 0.25) is 0 Å². The second kappa shape index (κ2) is 3.08. The normalized spacial score (nSPS) is 12.2. The first kappa shape index (κ1) is 9.18. The lowest BCUT2D eigenvalue weighted by molar-refractivity contribution is -0.0225. The van der Waals surface area contributed by atoms with Crippen molar-refractivity contribution in [3.8, 4) is 0 Å². The maximum absolute atomic E-state index is 5.25. The Morgan fingerprint density at radius 2 is 2.21 bits per heavy atom. The Labute approximate surface area is 82.2 Å². The third kappa shape index (κ3) is 1.29. The molecule has 0 fully saturated rings. The molecule has 2 aromatic heterocycles. The predicted octanol–water partition coefficient (Wildman–Crippen LogP) is 1.46. The van der Waals surface area contributed by atoms with Gasteiger partial charge in [-0.15, -0.1) is 0 Å². The fourth-order valence-corrected chi connectivity index (χ4v) is 1.46. The van der Waals surface area contributed by atoms with Crippen LogP contribution in [0.5, 0.6) is 0 Å².